The van der Waals surface area contributed by atoms with Crippen molar-refractivity contribution in [2.75, 3.05) is 32.1 Å². The molecule has 0 saturated carbocycles. The smallest absolute Gasteiger partial charge is 0.230 e. The zero-order chi connectivity index (χ0) is 23.2. The lowest BCUT2D eigenvalue weighted by Gasteiger charge is -2.35. The van der Waals surface area contributed by atoms with Crippen molar-refractivity contribution in [1.29, 1.82) is 0 Å². The first kappa shape index (κ1) is 23.4. The van der Waals surface area contributed by atoms with E-state index in [1.54, 1.807) is 12.1 Å². The van der Waals surface area contributed by atoms with Crippen molar-refractivity contribution in [3.8, 4) is 17.1 Å². The Bertz CT molecular complexity index is 1050. The van der Waals surface area contributed by atoms with E-state index in [9.17, 15) is 9.18 Å². The lowest BCUT2D eigenvalue weighted by Crippen LogP contribution is -2.52. The van der Waals surface area contributed by atoms with Gasteiger partial charge in [0.1, 0.15) is 5.82 Å². The second-order valence-electron chi connectivity index (χ2n) is 8.02. The van der Waals surface area contributed by atoms with Gasteiger partial charge in [-0.25, -0.2) is 4.39 Å². The third kappa shape index (κ3) is 5.79. The zero-order valence-electron chi connectivity index (χ0n) is 18.8. The Morgan fingerprint density at radius 3 is 2.48 bits per heavy atom. The number of nitrogens with zero attached hydrogens (tertiary/aromatic N) is 4. The van der Waals surface area contributed by atoms with Crippen LogP contribution in [0.3, 0.4) is 0 Å². The van der Waals surface area contributed by atoms with Gasteiger partial charge in [-0.1, -0.05) is 30.0 Å². The van der Waals surface area contributed by atoms with Crippen LogP contribution in [0, 0.1) is 5.82 Å². The second kappa shape index (κ2) is 10.9. The van der Waals surface area contributed by atoms with Crippen molar-refractivity contribution in [2.45, 2.75) is 31.1 Å². The van der Waals surface area contributed by atoms with Gasteiger partial charge in [0.15, 0.2) is 11.0 Å². The van der Waals surface area contributed by atoms with Crippen LogP contribution >= 0.6 is 11.8 Å². The molecule has 4 rings (SSSR count). The number of carbonyl (C=O) groups is 1. The average Bonchev–Trinajstić information content (AvgIpc) is 3.27. The molecule has 1 fully saturated rings. The van der Waals surface area contributed by atoms with E-state index in [0.29, 0.717) is 11.0 Å². The monoisotopic (exact) mass is 469 g/mol. The number of aromatic nitrogens is 3. The highest BCUT2D eigenvalue weighted by atomic mass is 32.2. The van der Waals surface area contributed by atoms with Gasteiger partial charge in [0.25, 0.3) is 0 Å². The van der Waals surface area contributed by atoms with Crippen LogP contribution < -0.4 is 5.32 Å². The summed E-state index contributed by atoms with van der Waals surface area (Å²) in [6, 6.07) is 16.1. The number of nitrogens with one attached hydrogen (secondary N) is 1. The van der Waals surface area contributed by atoms with E-state index in [1.807, 2.05) is 41.8 Å². The topological polar surface area (TPSA) is 72.3 Å². The fourth-order valence-corrected chi connectivity index (χ4v) is 4.57. The van der Waals surface area contributed by atoms with Crippen molar-refractivity contribution in [3.63, 3.8) is 0 Å². The number of hydrogen-bond acceptors (Lipinski definition) is 6. The molecule has 7 nitrogen and oxygen atoms in total. The number of rotatable bonds is 8. The molecule has 0 spiro atoms. The maximum absolute atomic E-state index is 13.4. The normalized spacial score (nSPS) is 16.3. The standard InChI is InChI=1S/C24H28FN5O2S/c1-17(18(2)29-12-14-32-15-13-29)26-22(31)16-33-24-28-27-23(19-8-10-20(25)11-9-19)30(24)21-6-4-3-5-7-21/h3-11,17-18H,12-16H2,1-2H3,(H,26,31). The molecule has 1 amide bonds. The number of thioether (sulfide) groups is 1. The number of ether oxygens (including phenoxy) is 1. The maximum Gasteiger partial charge on any atom is 0.230 e. The highest BCUT2D eigenvalue weighted by Crippen LogP contribution is 2.28. The van der Waals surface area contributed by atoms with Crippen molar-refractivity contribution in [1.82, 2.24) is 25.0 Å². The third-order valence-electron chi connectivity index (χ3n) is 5.82. The SMILES string of the molecule is CC(NC(=O)CSc1nnc(-c2ccc(F)cc2)n1-c1ccccc1)C(C)N1CCOCC1. The lowest BCUT2D eigenvalue weighted by molar-refractivity contribution is -0.119. The number of benzene rings is 2. The molecule has 2 aromatic carbocycles. The first-order valence-corrected chi connectivity index (χ1v) is 12.0. The molecule has 1 N–H and O–H groups in total. The zero-order valence-corrected chi connectivity index (χ0v) is 19.6. The Labute approximate surface area is 197 Å². The van der Waals surface area contributed by atoms with E-state index in [4.69, 9.17) is 4.74 Å². The number of para-hydroxylation sites is 1. The Morgan fingerprint density at radius 2 is 1.79 bits per heavy atom. The molecule has 33 heavy (non-hydrogen) atoms. The largest absolute Gasteiger partial charge is 0.379 e. The summed E-state index contributed by atoms with van der Waals surface area (Å²) < 4.78 is 20.7. The molecule has 1 saturated heterocycles. The van der Waals surface area contributed by atoms with Crippen molar-refractivity contribution >= 4 is 17.7 Å². The summed E-state index contributed by atoms with van der Waals surface area (Å²) in [5.41, 5.74) is 1.62. The fraction of sp³-hybridized carbons (Fsp3) is 0.375. The first-order valence-electron chi connectivity index (χ1n) is 11.0. The predicted octanol–water partition coefficient (Wildman–Crippen LogP) is 3.39. The molecule has 0 bridgehead atoms. The Hall–Kier alpha value is -2.75. The van der Waals surface area contributed by atoms with E-state index >= 15 is 0 Å². The molecular formula is C24H28FN5O2S. The molecule has 1 aromatic heterocycles. The van der Waals surface area contributed by atoms with Gasteiger partial charge in [0.2, 0.25) is 5.91 Å². The predicted molar refractivity (Wildman–Crippen MR) is 127 cm³/mol. The molecule has 174 valence electrons. The molecule has 1 aliphatic heterocycles. The van der Waals surface area contributed by atoms with Gasteiger partial charge >= 0.3 is 0 Å². The Balaban J connectivity index is 1.46. The lowest BCUT2D eigenvalue weighted by atomic mass is 10.1. The van der Waals surface area contributed by atoms with E-state index < -0.39 is 0 Å². The second-order valence-corrected chi connectivity index (χ2v) is 8.96. The molecule has 2 unspecified atom stereocenters. The Kier molecular flexibility index (Phi) is 7.74. The minimum atomic E-state index is -0.309. The summed E-state index contributed by atoms with van der Waals surface area (Å²) in [7, 11) is 0. The molecule has 0 radical (unpaired) electrons. The number of carbonyl (C=O) groups excluding carboxylic acids is 1. The van der Waals surface area contributed by atoms with Crippen molar-refractivity contribution in [2.24, 2.45) is 0 Å². The van der Waals surface area contributed by atoms with Gasteiger partial charge in [-0.3, -0.25) is 14.3 Å². The number of morpholine rings is 1. The van der Waals surface area contributed by atoms with Gasteiger partial charge in [0.05, 0.1) is 19.0 Å². The third-order valence-corrected chi connectivity index (χ3v) is 6.75. The van der Waals surface area contributed by atoms with Gasteiger partial charge in [-0.15, -0.1) is 10.2 Å². The molecular weight excluding hydrogens is 441 g/mol. The van der Waals surface area contributed by atoms with Crippen LogP contribution in [0.1, 0.15) is 13.8 Å². The minimum absolute atomic E-state index is 0.0120. The van der Waals surface area contributed by atoms with E-state index in [2.05, 4.69) is 27.3 Å². The minimum Gasteiger partial charge on any atom is -0.379 e. The van der Waals surface area contributed by atoms with Gasteiger partial charge < -0.3 is 10.1 Å². The van der Waals surface area contributed by atoms with Crippen LogP contribution in [0.2, 0.25) is 0 Å². The molecule has 1 aliphatic rings. The summed E-state index contributed by atoms with van der Waals surface area (Å²) in [4.78, 5) is 15.0. The maximum atomic E-state index is 13.4. The Morgan fingerprint density at radius 1 is 1.09 bits per heavy atom. The summed E-state index contributed by atoms with van der Waals surface area (Å²) >= 11 is 1.33. The first-order chi connectivity index (χ1) is 16.0. The summed E-state index contributed by atoms with van der Waals surface area (Å²) in [5.74, 6) is 0.447. The highest BCUT2D eigenvalue weighted by Gasteiger charge is 2.24. The van der Waals surface area contributed by atoms with Crippen LogP contribution in [0.5, 0.6) is 0 Å². The van der Waals surface area contributed by atoms with E-state index in [-0.39, 0.29) is 29.6 Å². The fourth-order valence-electron chi connectivity index (χ4n) is 3.81. The summed E-state index contributed by atoms with van der Waals surface area (Å²) in [5, 5.41) is 12.4. The molecule has 2 heterocycles. The van der Waals surface area contributed by atoms with Crippen molar-refractivity contribution < 1.29 is 13.9 Å². The van der Waals surface area contributed by atoms with Gasteiger partial charge in [-0.2, -0.15) is 0 Å². The van der Waals surface area contributed by atoms with Crippen molar-refractivity contribution in [3.05, 3.63) is 60.4 Å². The average molecular weight is 470 g/mol. The molecule has 0 aliphatic carbocycles. The van der Waals surface area contributed by atoms with Crippen LogP contribution in [0.4, 0.5) is 4.39 Å². The summed E-state index contributed by atoms with van der Waals surface area (Å²) in [6.45, 7) is 7.37. The summed E-state index contributed by atoms with van der Waals surface area (Å²) in [6.07, 6.45) is 0. The van der Waals surface area contributed by atoms with Crippen LogP contribution in [-0.4, -0.2) is 69.7 Å². The van der Waals surface area contributed by atoms with E-state index in [1.165, 1.54) is 23.9 Å². The number of halogens is 1. The molecule has 3 aromatic rings. The van der Waals surface area contributed by atoms with Crippen LogP contribution in [0.25, 0.3) is 17.1 Å². The highest BCUT2D eigenvalue weighted by molar-refractivity contribution is 7.99. The van der Waals surface area contributed by atoms with Gasteiger partial charge in [-0.05, 0) is 50.2 Å². The van der Waals surface area contributed by atoms with Crippen LogP contribution in [-0.2, 0) is 9.53 Å². The number of hydrogen-bond donors (Lipinski definition) is 1. The number of amides is 1. The van der Waals surface area contributed by atoms with E-state index in [0.717, 1.165) is 37.6 Å². The van der Waals surface area contributed by atoms with Gasteiger partial charge in [0, 0.05) is 36.4 Å². The van der Waals surface area contributed by atoms with Crippen LogP contribution in [0.15, 0.2) is 59.8 Å². The molecule has 2 atom stereocenters. The molecule has 9 heteroatoms. The quantitative estimate of drug-likeness (QED) is 0.510.